The first-order valence-electron chi connectivity index (χ1n) is 8.54. The minimum atomic E-state index is -0.0870. The average molecular weight is 413 g/mol. The van der Waals surface area contributed by atoms with Gasteiger partial charge in [0, 0.05) is 16.0 Å². The number of nitrogens with zero attached hydrogens (tertiary/aromatic N) is 2. The Kier molecular flexibility index (Phi) is 5.07. The zero-order valence-electron chi connectivity index (χ0n) is 15.3. The number of ether oxygens (including phenoxy) is 2. The Balaban J connectivity index is 1.82. The molecule has 0 amide bonds. The van der Waals surface area contributed by atoms with Crippen molar-refractivity contribution >= 4 is 33.2 Å². The zero-order valence-corrected chi connectivity index (χ0v) is 16.9. The minimum absolute atomic E-state index is 0.0870. The highest BCUT2D eigenvalue weighted by molar-refractivity contribution is 7.17. The Morgan fingerprint density at radius 3 is 2.68 bits per heavy atom. The number of methoxy groups -OCH3 is 2. The smallest absolute Gasteiger partial charge is 0.263 e. The van der Waals surface area contributed by atoms with E-state index in [2.05, 4.69) is 4.98 Å². The van der Waals surface area contributed by atoms with Crippen molar-refractivity contribution in [1.82, 2.24) is 9.55 Å². The van der Waals surface area contributed by atoms with Gasteiger partial charge in [-0.15, -0.1) is 11.3 Å². The lowest BCUT2D eigenvalue weighted by Crippen LogP contribution is -2.20. The lowest BCUT2D eigenvalue weighted by Gasteiger charge is -2.10. The van der Waals surface area contributed by atoms with Crippen molar-refractivity contribution in [3.63, 3.8) is 0 Å². The minimum Gasteiger partial charge on any atom is -0.493 e. The van der Waals surface area contributed by atoms with Gasteiger partial charge in [0.2, 0.25) is 0 Å². The number of fused-ring (bicyclic) bond motifs is 1. The average Bonchev–Trinajstić information content (AvgIpc) is 3.14. The van der Waals surface area contributed by atoms with Crippen molar-refractivity contribution in [2.45, 2.75) is 6.54 Å². The summed E-state index contributed by atoms with van der Waals surface area (Å²) < 4.78 is 12.3. The monoisotopic (exact) mass is 412 g/mol. The molecule has 4 rings (SSSR count). The van der Waals surface area contributed by atoms with E-state index in [9.17, 15) is 4.79 Å². The molecule has 0 bridgehead atoms. The SMILES string of the molecule is COc1ccc(-c2csc3ncn(Cc4cccc(Cl)c4)c(=O)c23)cc1OC. The van der Waals surface area contributed by atoms with Gasteiger partial charge in [-0.05, 0) is 35.4 Å². The van der Waals surface area contributed by atoms with Gasteiger partial charge >= 0.3 is 0 Å². The molecule has 0 unspecified atom stereocenters. The van der Waals surface area contributed by atoms with E-state index in [1.807, 2.05) is 47.8 Å². The third kappa shape index (κ3) is 3.37. The Hall–Kier alpha value is -2.83. The lowest BCUT2D eigenvalue weighted by atomic mass is 10.1. The van der Waals surface area contributed by atoms with E-state index >= 15 is 0 Å². The molecule has 4 aromatic rings. The topological polar surface area (TPSA) is 53.4 Å². The van der Waals surface area contributed by atoms with Crippen LogP contribution in [0.15, 0.2) is 59.0 Å². The molecule has 2 aromatic carbocycles. The molecule has 5 nitrogen and oxygen atoms in total. The Labute approximate surface area is 170 Å². The summed E-state index contributed by atoms with van der Waals surface area (Å²) in [6, 6.07) is 13.1. The van der Waals surface area contributed by atoms with E-state index in [1.165, 1.54) is 11.3 Å². The third-order valence-corrected chi connectivity index (χ3v) is 5.62. The maximum Gasteiger partial charge on any atom is 0.263 e. The molecule has 0 fully saturated rings. The molecule has 0 N–H and O–H groups in total. The highest BCUT2D eigenvalue weighted by Crippen LogP contribution is 2.36. The summed E-state index contributed by atoms with van der Waals surface area (Å²) in [6.07, 6.45) is 1.58. The summed E-state index contributed by atoms with van der Waals surface area (Å²) >= 11 is 7.51. The van der Waals surface area contributed by atoms with Crippen LogP contribution < -0.4 is 15.0 Å². The van der Waals surface area contributed by atoms with Gasteiger partial charge in [-0.1, -0.05) is 29.8 Å². The quantitative estimate of drug-likeness (QED) is 0.470. The largest absolute Gasteiger partial charge is 0.493 e. The van der Waals surface area contributed by atoms with Crippen molar-refractivity contribution in [1.29, 1.82) is 0 Å². The van der Waals surface area contributed by atoms with Gasteiger partial charge in [0.05, 0.1) is 32.5 Å². The fourth-order valence-corrected chi connectivity index (χ4v) is 4.25. The van der Waals surface area contributed by atoms with Crippen molar-refractivity contribution in [3.05, 3.63) is 75.1 Å². The summed E-state index contributed by atoms with van der Waals surface area (Å²) in [5, 5.41) is 3.19. The fourth-order valence-electron chi connectivity index (χ4n) is 3.13. The molecular weight excluding hydrogens is 396 g/mol. The summed E-state index contributed by atoms with van der Waals surface area (Å²) in [4.78, 5) is 18.4. The van der Waals surface area contributed by atoms with Crippen LogP contribution in [0.5, 0.6) is 11.5 Å². The van der Waals surface area contributed by atoms with Crippen LogP contribution in [0, 0.1) is 0 Å². The number of hydrogen-bond acceptors (Lipinski definition) is 5. The van der Waals surface area contributed by atoms with Gasteiger partial charge in [-0.25, -0.2) is 4.98 Å². The molecule has 2 heterocycles. The highest BCUT2D eigenvalue weighted by atomic mass is 35.5. The van der Waals surface area contributed by atoms with E-state index in [0.717, 1.165) is 16.7 Å². The number of aromatic nitrogens is 2. The molecule has 0 saturated heterocycles. The standard InChI is InChI=1S/C21H17ClN2O3S/c1-26-17-7-6-14(9-18(17)27-2)16-11-28-20-19(16)21(25)24(12-23-20)10-13-4-3-5-15(22)8-13/h3-9,11-12H,10H2,1-2H3. The van der Waals surface area contributed by atoms with Gasteiger partial charge in [-0.2, -0.15) is 0 Å². The molecule has 28 heavy (non-hydrogen) atoms. The van der Waals surface area contributed by atoms with Gasteiger partial charge < -0.3 is 9.47 Å². The van der Waals surface area contributed by atoms with Gasteiger partial charge in [0.15, 0.2) is 11.5 Å². The van der Waals surface area contributed by atoms with E-state index in [1.54, 1.807) is 25.1 Å². The first-order valence-corrected chi connectivity index (χ1v) is 9.80. The van der Waals surface area contributed by atoms with Gasteiger partial charge in [-0.3, -0.25) is 9.36 Å². The van der Waals surface area contributed by atoms with Crippen molar-refractivity contribution in [3.8, 4) is 22.6 Å². The molecule has 0 atom stereocenters. The van der Waals surface area contributed by atoms with Crippen LogP contribution in [0.2, 0.25) is 5.02 Å². The second kappa shape index (κ2) is 7.66. The number of hydrogen-bond donors (Lipinski definition) is 0. The van der Waals surface area contributed by atoms with E-state index in [4.69, 9.17) is 21.1 Å². The first-order chi connectivity index (χ1) is 13.6. The lowest BCUT2D eigenvalue weighted by molar-refractivity contribution is 0.355. The van der Waals surface area contributed by atoms with Gasteiger partial charge in [0.25, 0.3) is 5.56 Å². The predicted octanol–water partition coefficient (Wildman–Crippen LogP) is 4.84. The second-order valence-corrected chi connectivity index (χ2v) is 7.50. The maximum absolute atomic E-state index is 13.2. The normalized spacial score (nSPS) is 11.0. The highest BCUT2D eigenvalue weighted by Gasteiger charge is 2.15. The van der Waals surface area contributed by atoms with Crippen LogP contribution in [-0.4, -0.2) is 23.8 Å². The summed E-state index contributed by atoms with van der Waals surface area (Å²) in [5.41, 5.74) is 2.57. The second-order valence-electron chi connectivity index (χ2n) is 6.21. The fraction of sp³-hybridized carbons (Fsp3) is 0.143. The Morgan fingerprint density at radius 2 is 1.93 bits per heavy atom. The first kappa shape index (κ1) is 18.5. The van der Waals surface area contributed by atoms with Crippen molar-refractivity contribution < 1.29 is 9.47 Å². The van der Waals surface area contributed by atoms with Crippen LogP contribution in [0.3, 0.4) is 0 Å². The molecule has 7 heteroatoms. The van der Waals surface area contributed by atoms with Crippen LogP contribution in [0.4, 0.5) is 0 Å². The van der Waals surface area contributed by atoms with E-state index in [-0.39, 0.29) is 5.56 Å². The number of rotatable bonds is 5. The summed E-state index contributed by atoms with van der Waals surface area (Å²) in [5.74, 6) is 1.25. The molecule has 0 aliphatic carbocycles. The van der Waals surface area contributed by atoms with Crippen molar-refractivity contribution in [2.24, 2.45) is 0 Å². The molecule has 0 aliphatic heterocycles. The predicted molar refractivity (Wildman–Crippen MR) is 113 cm³/mol. The van der Waals surface area contributed by atoms with Gasteiger partial charge in [0.1, 0.15) is 4.83 Å². The van der Waals surface area contributed by atoms with Crippen LogP contribution in [0.1, 0.15) is 5.56 Å². The van der Waals surface area contributed by atoms with Crippen LogP contribution >= 0.6 is 22.9 Å². The molecule has 2 aromatic heterocycles. The summed E-state index contributed by atoms with van der Waals surface area (Å²) in [6.45, 7) is 0.406. The maximum atomic E-state index is 13.2. The molecule has 0 saturated carbocycles. The van der Waals surface area contributed by atoms with Crippen LogP contribution in [0.25, 0.3) is 21.3 Å². The zero-order chi connectivity index (χ0) is 19.7. The number of benzene rings is 2. The van der Waals surface area contributed by atoms with Crippen molar-refractivity contribution in [2.75, 3.05) is 14.2 Å². The molecule has 0 aliphatic rings. The number of thiophene rings is 1. The number of halogens is 1. The Morgan fingerprint density at radius 1 is 1.11 bits per heavy atom. The molecule has 142 valence electrons. The van der Waals surface area contributed by atoms with Crippen LogP contribution in [-0.2, 0) is 6.54 Å². The molecule has 0 spiro atoms. The third-order valence-electron chi connectivity index (χ3n) is 4.50. The van der Waals surface area contributed by atoms with E-state index in [0.29, 0.717) is 33.3 Å². The van der Waals surface area contributed by atoms with E-state index < -0.39 is 0 Å². The Bertz CT molecular complexity index is 1220. The summed E-state index contributed by atoms with van der Waals surface area (Å²) in [7, 11) is 3.18. The molecular formula is C21H17ClN2O3S. The molecule has 0 radical (unpaired) electrons.